The summed E-state index contributed by atoms with van der Waals surface area (Å²) in [6.07, 6.45) is 0. The van der Waals surface area contributed by atoms with Gasteiger partial charge in [-0.1, -0.05) is 11.6 Å². The third kappa shape index (κ3) is 5.08. The van der Waals surface area contributed by atoms with E-state index in [1.165, 1.54) is 24.3 Å². The molecule has 0 bridgehead atoms. The third-order valence-electron chi connectivity index (χ3n) is 4.08. The Bertz CT molecular complexity index is 733. The van der Waals surface area contributed by atoms with Gasteiger partial charge in [-0.2, -0.15) is 0 Å². The number of hydrogen-bond acceptors (Lipinski definition) is 5. The van der Waals surface area contributed by atoms with Gasteiger partial charge >= 0.3 is 18.0 Å². The lowest BCUT2D eigenvalue weighted by molar-refractivity contribution is -0.141. The standard InChI is InChI=1S/C10H7ClN2O4.C6H13N3O/c11-5-1-3-6(4-2-5)13-8(14)7(9(15)16)12-10(13)17;1-8-2-4-9(5-3-8)6(7)10/h1-4,7H,(H,12,17)(H,15,16);2-5H2,1H3,(H2,7,10). The second-order valence-corrected chi connectivity index (χ2v) is 6.44. The topological polar surface area (TPSA) is 136 Å². The van der Waals surface area contributed by atoms with Crippen molar-refractivity contribution >= 4 is 41.2 Å². The van der Waals surface area contributed by atoms with Crippen molar-refractivity contribution in [3.8, 4) is 0 Å². The zero-order valence-corrected chi connectivity index (χ0v) is 15.3. The lowest BCUT2D eigenvalue weighted by Crippen LogP contribution is -2.49. The quantitative estimate of drug-likeness (QED) is 0.480. The first kappa shape index (κ1) is 20.5. The maximum absolute atomic E-state index is 11.7. The van der Waals surface area contributed by atoms with E-state index in [2.05, 4.69) is 10.2 Å². The number of carboxylic acid groups (broad SMARTS) is 1. The first-order valence-electron chi connectivity index (χ1n) is 8.06. The number of piperazine rings is 1. The summed E-state index contributed by atoms with van der Waals surface area (Å²) in [5, 5.41) is 11.3. The molecular weight excluding hydrogens is 378 g/mol. The molecule has 2 saturated heterocycles. The van der Waals surface area contributed by atoms with Crippen LogP contribution < -0.4 is 16.0 Å². The normalized spacial score (nSPS) is 20.0. The molecule has 27 heavy (non-hydrogen) atoms. The smallest absolute Gasteiger partial charge is 0.336 e. The van der Waals surface area contributed by atoms with Gasteiger partial charge in [0.15, 0.2) is 0 Å². The molecule has 3 rings (SSSR count). The summed E-state index contributed by atoms with van der Waals surface area (Å²) in [6.45, 7) is 3.41. The lowest BCUT2D eigenvalue weighted by Gasteiger charge is -2.30. The largest absolute Gasteiger partial charge is 0.479 e. The summed E-state index contributed by atoms with van der Waals surface area (Å²) < 4.78 is 0. The molecule has 10 nitrogen and oxygen atoms in total. The van der Waals surface area contributed by atoms with Crippen molar-refractivity contribution < 1.29 is 24.3 Å². The number of aliphatic carboxylic acids is 1. The molecule has 1 aromatic rings. The first-order chi connectivity index (χ1) is 12.7. The van der Waals surface area contributed by atoms with E-state index in [1.54, 1.807) is 4.90 Å². The number of nitrogens with one attached hydrogen (secondary N) is 1. The maximum atomic E-state index is 11.7. The monoisotopic (exact) mass is 397 g/mol. The van der Waals surface area contributed by atoms with Gasteiger partial charge in [0.1, 0.15) is 0 Å². The molecule has 0 radical (unpaired) electrons. The summed E-state index contributed by atoms with van der Waals surface area (Å²) in [5.74, 6) is -2.20. The van der Waals surface area contributed by atoms with Crippen molar-refractivity contribution in [2.24, 2.45) is 5.73 Å². The fourth-order valence-electron chi connectivity index (χ4n) is 2.51. The van der Waals surface area contributed by atoms with Crippen LogP contribution in [-0.4, -0.2) is 78.1 Å². The molecule has 0 spiro atoms. The Balaban J connectivity index is 0.000000223. The van der Waals surface area contributed by atoms with Crippen molar-refractivity contribution in [2.45, 2.75) is 6.04 Å². The van der Waals surface area contributed by atoms with Crippen LogP contribution >= 0.6 is 11.6 Å². The van der Waals surface area contributed by atoms with Crippen molar-refractivity contribution in [1.29, 1.82) is 0 Å². The Morgan fingerprint density at radius 1 is 1.15 bits per heavy atom. The van der Waals surface area contributed by atoms with Gasteiger partial charge in [0.05, 0.1) is 5.69 Å². The number of primary amides is 1. The number of imide groups is 1. The average molecular weight is 398 g/mol. The highest BCUT2D eigenvalue weighted by Crippen LogP contribution is 2.21. The molecule has 2 aliphatic rings. The van der Waals surface area contributed by atoms with Gasteiger partial charge in [0.2, 0.25) is 6.04 Å². The minimum Gasteiger partial charge on any atom is -0.479 e. The molecule has 11 heteroatoms. The highest BCUT2D eigenvalue weighted by Gasteiger charge is 2.43. The number of anilines is 1. The van der Waals surface area contributed by atoms with Crippen molar-refractivity contribution in [3.63, 3.8) is 0 Å². The number of urea groups is 2. The molecule has 1 atom stereocenters. The van der Waals surface area contributed by atoms with E-state index < -0.39 is 23.9 Å². The van der Waals surface area contributed by atoms with Gasteiger partial charge in [0.25, 0.3) is 5.91 Å². The number of rotatable bonds is 2. The van der Waals surface area contributed by atoms with E-state index >= 15 is 0 Å². The van der Waals surface area contributed by atoms with Gasteiger partial charge in [0, 0.05) is 31.2 Å². The zero-order chi connectivity index (χ0) is 20.1. The van der Waals surface area contributed by atoms with Gasteiger partial charge in [-0.15, -0.1) is 0 Å². The van der Waals surface area contributed by atoms with E-state index in [4.69, 9.17) is 22.4 Å². The maximum Gasteiger partial charge on any atom is 0.336 e. The predicted molar refractivity (Wildman–Crippen MR) is 97.5 cm³/mol. The fourth-order valence-corrected chi connectivity index (χ4v) is 2.63. The SMILES string of the molecule is CN1CCN(C(N)=O)CC1.O=C(O)C1NC(=O)N(c2ccc(Cl)cc2)C1=O. The van der Waals surface area contributed by atoms with Crippen LogP contribution in [0, 0.1) is 0 Å². The molecule has 0 aliphatic carbocycles. The van der Waals surface area contributed by atoms with E-state index in [-0.39, 0.29) is 11.7 Å². The number of carboxylic acids is 1. The fraction of sp³-hybridized carbons (Fsp3) is 0.375. The molecule has 0 saturated carbocycles. The summed E-state index contributed by atoms with van der Waals surface area (Å²) in [6, 6.07) is 3.35. The van der Waals surface area contributed by atoms with Crippen LogP contribution in [0.4, 0.5) is 15.3 Å². The first-order valence-corrected chi connectivity index (χ1v) is 8.44. The molecule has 2 aliphatic heterocycles. The Hall–Kier alpha value is -2.85. The minimum atomic E-state index is -1.53. The number of carbonyl (C=O) groups is 4. The highest BCUT2D eigenvalue weighted by atomic mass is 35.5. The second kappa shape index (κ2) is 8.69. The third-order valence-corrected chi connectivity index (χ3v) is 4.34. The van der Waals surface area contributed by atoms with E-state index in [9.17, 15) is 19.2 Å². The summed E-state index contributed by atoms with van der Waals surface area (Å²) in [7, 11) is 2.04. The lowest BCUT2D eigenvalue weighted by atomic mass is 10.2. The number of nitrogens with two attached hydrogens (primary N) is 1. The molecule has 1 unspecified atom stereocenters. The van der Waals surface area contributed by atoms with Crippen LogP contribution in [0.25, 0.3) is 0 Å². The number of halogens is 1. The van der Waals surface area contributed by atoms with Crippen LogP contribution in [0.2, 0.25) is 5.02 Å². The van der Waals surface area contributed by atoms with Gasteiger partial charge < -0.3 is 26.0 Å². The molecule has 2 fully saturated rings. The van der Waals surface area contributed by atoms with E-state index in [0.29, 0.717) is 5.02 Å². The Morgan fingerprint density at radius 2 is 1.70 bits per heavy atom. The predicted octanol–water partition coefficient (Wildman–Crippen LogP) is 0.162. The average Bonchev–Trinajstić information content (AvgIpc) is 2.92. The van der Waals surface area contributed by atoms with E-state index in [1.807, 2.05) is 7.05 Å². The van der Waals surface area contributed by atoms with Crippen LogP contribution in [0.15, 0.2) is 24.3 Å². The van der Waals surface area contributed by atoms with Crippen LogP contribution in [0.3, 0.4) is 0 Å². The highest BCUT2D eigenvalue weighted by molar-refractivity contribution is 6.31. The number of hydrogen-bond donors (Lipinski definition) is 3. The summed E-state index contributed by atoms with van der Waals surface area (Å²) in [5.41, 5.74) is 5.36. The number of amides is 5. The number of likely N-dealkylation sites (N-methyl/N-ethyl adjacent to an activating group) is 1. The van der Waals surface area contributed by atoms with Gasteiger partial charge in [-0.3, -0.25) is 4.79 Å². The van der Waals surface area contributed by atoms with Crippen molar-refractivity contribution in [3.05, 3.63) is 29.3 Å². The molecule has 146 valence electrons. The van der Waals surface area contributed by atoms with Crippen molar-refractivity contribution in [1.82, 2.24) is 15.1 Å². The number of carbonyl (C=O) groups excluding carboxylic acids is 3. The van der Waals surface area contributed by atoms with Crippen molar-refractivity contribution in [2.75, 3.05) is 38.1 Å². The number of nitrogens with zero attached hydrogens (tertiary/aromatic N) is 3. The van der Waals surface area contributed by atoms with E-state index in [0.717, 1.165) is 31.1 Å². The van der Waals surface area contributed by atoms with Crippen LogP contribution in [-0.2, 0) is 9.59 Å². The van der Waals surface area contributed by atoms with Crippen LogP contribution in [0.5, 0.6) is 0 Å². The number of benzene rings is 1. The molecule has 0 aromatic heterocycles. The molecule has 2 heterocycles. The molecule has 1 aromatic carbocycles. The summed E-state index contributed by atoms with van der Waals surface area (Å²) >= 11 is 5.67. The molecular formula is C16H20ClN5O5. The Kier molecular flexibility index (Phi) is 6.59. The zero-order valence-electron chi connectivity index (χ0n) is 14.6. The Labute approximate surface area is 160 Å². The second-order valence-electron chi connectivity index (χ2n) is 6.00. The molecule has 4 N–H and O–H groups in total. The van der Waals surface area contributed by atoms with Gasteiger partial charge in [-0.05, 0) is 31.3 Å². The van der Waals surface area contributed by atoms with Gasteiger partial charge in [-0.25, -0.2) is 19.3 Å². The van der Waals surface area contributed by atoms with Crippen LogP contribution in [0.1, 0.15) is 0 Å². The molecule has 5 amide bonds. The summed E-state index contributed by atoms with van der Waals surface area (Å²) in [4.78, 5) is 49.1. The minimum absolute atomic E-state index is 0.278. The Morgan fingerprint density at radius 3 is 2.15 bits per heavy atom.